The first-order valence-corrected chi connectivity index (χ1v) is 12.5. The summed E-state index contributed by atoms with van der Waals surface area (Å²) in [6, 6.07) is 7.68. The van der Waals surface area contributed by atoms with Crippen LogP contribution in [-0.4, -0.2) is 24.7 Å². The van der Waals surface area contributed by atoms with Gasteiger partial charge in [-0.15, -0.1) is 0 Å². The molecule has 0 saturated carbocycles. The van der Waals surface area contributed by atoms with Crippen LogP contribution >= 0.6 is 11.6 Å². The molecule has 1 aliphatic carbocycles. The Morgan fingerprint density at radius 1 is 1.12 bits per heavy atom. The number of rotatable bonds is 5. The van der Waals surface area contributed by atoms with Crippen LogP contribution in [0.2, 0.25) is 23.2 Å². The van der Waals surface area contributed by atoms with Crippen LogP contribution in [0.3, 0.4) is 0 Å². The van der Waals surface area contributed by atoms with Gasteiger partial charge in [0.15, 0.2) is 0 Å². The molecule has 0 heterocycles. The third kappa shape index (κ3) is 4.92. The van der Waals surface area contributed by atoms with E-state index in [0.29, 0.717) is 18.0 Å². The monoisotopic (exact) mass is 393 g/mol. The van der Waals surface area contributed by atoms with E-state index >= 15 is 0 Å². The average Bonchev–Trinajstić information content (AvgIpc) is 3.22. The molecule has 0 aromatic heterocycles. The number of amides is 1. The SMILES string of the molecule is CC(C)(C)N(Cc1ccc(Cl)cc1)C(=O)C1=C(O[Si](C)(C)C(C)(C)C)C1. The zero-order valence-electron chi connectivity index (χ0n) is 17.4. The highest BCUT2D eigenvalue weighted by molar-refractivity contribution is 6.74. The van der Waals surface area contributed by atoms with Crippen LogP contribution in [-0.2, 0) is 15.8 Å². The summed E-state index contributed by atoms with van der Waals surface area (Å²) in [5.74, 6) is 0.980. The summed E-state index contributed by atoms with van der Waals surface area (Å²) >= 11 is 5.98. The van der Waals surface area contributed by atoms with E-state index in [1.54, 1.807) is 0 Å². The van der Waals surface area contributed by atoms with Crippen LogP contribution in [0.15, 0.2) is 35.6 Å². The Labute approximate surface area is 164 Å². The minimum absolute atomic E-state index is 0.0844. The number of benzene rings is 1. The summed E-state index contributed by atoms with van der Waals surface area (Å²) in [6.07, 6.45) is 0.679. The van der Waals surface area contributed by atoms with Gasteiger partial charge in [0.05, 0.1) is 11.3 Å². The molecule has 0 fully saturated rings. The normalized spacial score (nSPS) is 15.1. The van der Waals surface area contributed by atoms with Gasteiger partial charge in [0.25, 0.3) is 5.91 Å². The number of hydrogen-bond acceptors (Lipinski definition) is 2. The van der Waals surface area contributed by atoms with Crippen molar-refractivity contribution in [2.24, 2.45) is 0 Å². The van der Waals surface area contributed by atoms with E-state index < -0.39 is 8.32 Å². The fraction of sp³-hybridized carbons (Fsp3) is 0.571. The van der Waals surface area contributed by atoms with Crippen molar-refractivity contribution in [1.82, 2.24) is 4.90 Å². The number of carbonyl (C=O) groups excluding carboxylic acids is 1. The summed E-state index contributed by atoms with van der Waals surface area (Å²) in [4.78, 5) is 15.1. The van der Waals surface area contributed by atoms with Gasteiger partial charge >= 0.3 is 0 Å². The molecule has 2 rings (SSSR count). The van der Waals surface area contributed by atoms with Gasteiger partial charge < -0.3 is 9.33 Å². The summed E-state index contributed by atoms with van der Waals surface area (Å²) in [5, 5.41) is 0.835. The highest BCUT2D eigenvalue weighted by Crippen LogP contribution is 2.44. The summed E-state index contributed by atoms with van der Waals surface area (Å²) in [7, 11) is -1.90. The zero-order chi connectivity index (χ0) is 19.9. The lowest BCUT2D eigenvalue weighted by molar-refractivity contribution is -0.132. The predicted molar refractivity (Wildman–Crippen MR) is 112 cm³/mol. The van der Waals surface area contributed by atoms with Crippen molar-refractivity contribution in [3.63, 3.8) is 0 Å². The van der Waals surface area contributed by atoms with Gasteiger partial charge in [0, 0.05) is 23.5 Å². The van der Waals surface area contributed by atoms with Crippen molar-refractivity contribution in [3.8, 4) is 0 Å². The van der Waals surface area contributed by atoms with E-state index in [1.165, 1.54) is 0 Å². The largest absolute Gasteiger partial charge is 0.546 e. The van der Waals surface area contributed by atoms with Gasteiger partial charge in [0.2, 0.25) is 8.32 Å². The molecular formula is C21H32ClNO2Si. The summed E-state index contributed by atoms with van der Waals surface area (Å²) < 4.78 is 6.33. The van der Waals surface area contributed by atoms with Crippen molar-refractivity contribution in [3.05, 3.63) is 46.2 Å². The molecule has 0 unspecified atom stereocenters. The second-order valence-electron chi connectivity index (χ2n) is 9.63. The van der Waals surface area contributed by atoms with Crippen LogP contribution in [0, 0.1) is 0 Å². The van der Waals surface area contributed by atoms with Crippen LogP contribution in [0.5, 0.6) is 0 Å². The fourth-order valence-electron chi connectivity index (χ4n) is 2.42. The van der Waals surface area contributed by atoms with E-state index in [2.05, 4.69) is 54.6 Å². The lowest BCUT2D eigenvalue weighted by Gasteiger charge is -2.36. The van der Waals surface area contributed by atoms with E-state index in [0.717, 1.165) is 16.9 Å². The highest BCUT2D eigenvalue weighted by atomic mass is 35.5. The third-order valence-corrected chi connectivity index (χ3v) is 9.92. The molecule has 0 radical (unpaired) electrons. The first-order chi connectivity index (χ1) is 11.7. The topological polar surface area (TPSA) is 29.5 Å². The quantitative estimate of drug-likeness (QED) is 0.561. The molecule has 0 saturated heterocycles. The van der Waals surface area contributed by atoms with Gasteiger partial charge in [-0.05, 0) is 56.6 Å². The first-order valence-electron chi connectivity index (χ1n) is 9.20. The summed E-state index contributed by atoms with van der Waals surface area (Å²) in [6.45, 7) is 17.8. The van der Waals surface area contributed by atoms with Gasteiger partial charge in [0.1, 0.15) is 0 Å². The molecule has 1 amide bonds. The smallest absolute Gasteiger partial charge is 0.254 e. The molecule has 144 valence electrons. The highest BCUT2D eigenvalue weighted by Gasteiger charge is 2.44. The second kappa shape index (κ2) is 7.04. The Morgan fingerprint density at radius 2 is 1.65 bits per heavy atom. The molecule has 0 aliphatic heterocycles. The predicted octanol–water partition coefficient (Wildman–Crippen LogP) is 6.15. The number of hydrogen-bond donors (Lipinski definition) is 0. The zero-order valence-corrected chi connectivity index (χ0v) is 19.1. The van der Waals surface area contributed by atoms with Gasteiger partial charge in [-0.3, -0.25) is 4.79 Å². The standard InChI is InChI=1S/C21H32ClNO2Si/c1-20(2,3)23(14-15-9-11-16(22)12-10-15)19(24)17-13-18(17)25-26(7,8)21(4,5)6/h9-12H,13-14H2,1-8H3. The van der Waals surface area contributed by atoms with Crippen LogP contribution in [0.1, 0.15) is 53.5 Å². The molecule has 26 heavy (non-hydrogen) atoms. The van der Waals surface area contributed by atoms with Crippen LogP contribution < -0.4 is 0 Å². The lowest BCUT2D eigenvalue weighted by atomic mass is 10.0. The van der Waals surface area contributed by atoms with Crippen molar-refractivity contribution in [1.29, 1.82) is 0 Å². The van der Waals surface area contributed by atoms with Gasteiger partial charge in [-0.25, -0.2) is 0 Å². The first kappa shape index (κ1) is 21.0. The molecule has 0 N–H and O–H groups in total. The van der Waals surface area contributed by atoms with Crippen molar-refractivity contribution >= 4 is 25.8 Å². The average molecular weight is 394 g/mol. The maximum atomic E-state index is 13.1. The third-order valence-electron chi connectivity index (χ3n) is 5.30. The van der Waals surface area contributed by atoms with Crippen LogP contribution in [0.25, 0.3) is 0 Å². The Hall–Kier alpha value is -1.26. The molecule has 1 aliphatic rings. The molecule has 1 aromatic carbocycles. The lowest BCUT2D eigenvalue weighted by Crippen LogP contribution is -2.45. The van der Waals surface area contributed by atoms with Crippen molar-refractivity contribution in [2.45, 2.75) is 78.2 Å². The minimum atomic E-state index is -1.90. The number of allylic oxidation sites excluding steroid dienone is 1. The number of halogens is 1. The molecule has 5 heteroatoms. The van der Waals surface area contributed by atoms with E-state index in [9.17, 15) is 4.79 Å². The molecule has 1 aromatic rings. The molecule has 0 bridgehead atoms. The molecule has 0 atom stereocenters. The van der Waals surface area contributed by atoms with E-state index in [-0.39, 0.29) is 16.5 Å². The number of carbonyl (C=O) groups is 1. The Morgan fingerprint density at radius 3 is 2.12 bits per heavy atom. The summed E-state index contributed by atoms with van der Waals surface area (Å²) in [5.41, 5.74) is 1.64. The second-order valence-corrected chi connectivity index (χ2v) is 14.8. The Bertz CT molecular complexity index is 709. The van der Waals surface area contributed by atoms with Gasteiger partial charge in [-0.2, -0.15) is 0 Å². The van der Waals surface area contributed by atoms with Crippen molar-refractivity contribution in [2.75, 3.05) is 0 Å². The van der Waals surface area contributed by atoms with Gasteiger partial charge in [-0.1, -0.05) is 44.5 Å². The maximum Gasteiger partial charge on any atom is 0.254 e. The molecular weight excluding hydrogens is 362 g/mol. The minimum Gasteiger partial charge on any atom is -0.546 e. The fourth-order valence-corrected chi connectivity index (χ4v) is 3.66. The van der Waals surface area contributed by atoms with E-state index in [4.69, 9.17) is 16.0 Å². The Balaban J connectivity index is 2.18. The van der Waals surface area contributed by atoms with Crippen LogP contribution in [0.4, 0.5) is 0 Å². The number of nitrogens with zero attached hydrogens (tertiary/aromatic N) is 1. The molecule has 0 spiro atoms. The van der Waals surface area contributed by atoms with Crippen molar-refractivity contribution < 1.29 is 9.22 Å². The van der Waals surface area contributed by atoms with E-state index in [1.807, 2.05) is 29.2 Å². The Kier molecular flexibility index (Phi) is 5.70. The molecule has 3 nitrogen and oxygen atoms in total. The maximum absolute atomic E-state index is 13.1.